The largest absolute Gasteiger partial charge is 0.279 e. The van der Waals surface area contributed by atoms with Crippen molar-refractivity contribution in [1.29, 1.82) is 5.26 Å². The van der Waals surface area contributed by atoms with E-state index in [1.165, 1.54) is 4.90 Å². The second-order valence-electron chi connectivity index (χ2n) is 3.71. The molecule has 0 N–H and O–H groups in total. The molecule has 1 aromatic rings. The van der Waals surface area contributed by atoms with E-state index in [0.717, 1.165) is 0 Å². The fourth-order valence-corrected chi connectivity index (χ4v) is 1.50. The van der Waals surface area contributed by atoms with Crippen LogP contribution in [0.1, 0.15) is 6.42 Å². The highest BCUT2D eigenvalue weighted by Crippen LogP contribution is 2.49. The zero-order valence-electron chi connectivity index (χ0n) is 8.03. The molecule has 15 heavy (non-hydrogen) atoms. The van der Waals surface area contributed by atoms with Gasteiger partial charge in [0.05, 0.1) is 5.69 Å². The summed E-state index contributed by atoms with van der Waals surface area (Å²) in [6.45, 7) is 0.105. The van der Waals surface area contributed by atoms with Gasteiger partial charge in [-0.1, -0.05) is 18.2 Å². The van der Waals surface area contributed by atoms with Crippen LogP contribution < -0.4 is 4.90 Å². The predicted octanol–water partition coefficient (Wildman–Crippen LogP) is 2.63. The lowest BCUT2D eigenvalue weighted by molar-refractivity contribution is 0.100. The third kappa shape index (κ3) is 2.07. The molecule has 0 aliphatic heterocycles. The molecule has 4 heteroatoms. The van der Waals surface area contributed by atoms with Gasteiger partial charge < -0.3 is 0 Å². The Hall–Kier alpha value is -1.63. The summed E-state index contributed by atoms with van der Waals surface area (Å²) in [6, 6.07) is 8.87. The minimum atomic E-state index is -2.57. The summed E-state index contributed by atoms with van der Waals surface area (Å²) in [6.07, 6.45) is 1.83. The predicted molar refractivity (Wildman–Crippen MR) is 52.5 cm³/mol. The summed E-state index contributed by atoms with van der Waals surface area (Å²) in [7, 11) is 0. The minimum Gasteiger partial charge on any atom is -0.279 e. The number of rotatable bonds is 3. The van der Waals surface area contributed by atoms with Crippen molar-refractivity contribution in [3.63, 3.8) is 0 Å². The Balaban J connectivity index is 2.04. The van der Waals surface area contributed by atoms with Crippen LogP contribution in [-0.2, 0) is 0 Å². The van der Waals surface area contributed by atoms with Crippen molar-refractivity contribution in [2.45, 2.75) is 12.3 Å². The zero-order valence-corrected chi connectivity index (χ0v) is 8.03. The van der Waals surface area contributed by atoms with Gasteiger partial charge in [0.2, 0.25) is 0 Å². The second kappa shape index (κ2) is 3.50. The van der Waals surface area contributed by atoms with Gasteiger partial charge >= 0.3 is 0 Å². The fraction of sp³-hybridized carbons (Fsp3) is 0.364. The van der Waals surface area contributed by atoms with Crippen molar-refractivity contribution in [3.05, 3.63) is 30.3 Å². The maximum Gasteiger partial charge on any atom is 0.253 e. The molecule has 0 saturated heterocycles. The number of hydrogen-bond acceptors (Lipinski definition) is 2. The number of para-hydroxylation sites is 1. The standard InChI is InChI=1S/C11H10F2N2/c12-11(13)6-9(11)7-15(8-14)10-4-2-1-3-5-10/h1-5,9H,6-7H2. The SMILES string of the molecule is N#CN(CC1CC1(F)F)c1ccccc1. The molecule has 1 aromatic carbocycles. The van der Waals surface area contributed by atoms with E-state index in [1.54, 1.807) is 24.3 Å². The molecule has 0 bridgehead atoms. The van der Waals surface area contributed by atoms with E-state index in [-0.39, 0.29) is 13.0 Å². The third-order valence-electron chi connectivity index (χ3n) is 2.55. The quantitative estimate of drug-likeness (QED) is 0.564. The lowest BCUT2D eigenvalue weighted by Gasteiger charge is -2.14. The smallest absolute Gasteiger partial charge is 0.253 e. The van der Waals surface area contributed by atoms with Gasteiger partial charge in [-0.2, -0.15) is 5.26 Å². The average molecular weight is 208 g/mol. The van der Waals surface area contributed by atoms with E-state index in [9.17, 15) is 8.78 Å². The summed E-state index contributed by atoms with van der Waals surface area (Å²) in [5.41, 5.74) is 0.669. The van der Waals surface area contributed by atoms with Crippen LogP contribution in [0.2, 0.25) is 0 Å². The van der Waals surface area contributed by atoms with Crippen LogP contribution >= 0.6 is 0 Å². The lowest BCUT2D eigenvalue weighted by atomic mass is 10.3. The summed E-state index contributed by atoms with van der Waals surface area (Å²) in [4.78, 5) is 1.31. The van der Waals surface area contributed by atoms with Crippen LogP contribution in [0.3, 0.4) is 0 Å². The maximum absolute atomic E-state index is 12.7. The van der Waals surface area contributed by atoms with Crippen LogP contribution in [0.15, 0.2) is 30.3 Å². The van der Waals surface area contributed by atoms with E-state index in [2.05, 4.69) is 0 Å². The summed E-state index contributed by atoms with van der Waals surface area (Å²) >= 11 is 0. The Morgan fingerprint density at radius 1 is 1.40 bits per heavy atom. The molecule has 0 aromatic heterocycles. The number of nitrogens with zero attached hydrogens (tertiary/aromatic N) is 2. The van der Waals surface area contributed by atoms with Crippen LogP contribution in [-0.4, -0.2) is 12.5 Å². The summed E-state index contributed by atoms with van der Waals surface area (Å²) < 4.78 is 25.3. The highest BCUT2D eigenvalue weighted by Gasteiger charge is 2.57. The monoisotopic (exact) mass is 208 g/mol. The van der Waals surface area contributed by atoms with Gasteiger partial charge in [-0.25, -0.2) is 8.78 Å². The van der Waals surface area contributed by atoms with Gasteiger partial charge in [0.1, 0.15) is 0 Å². The Morgan fingerprint density at radius 3 is 2.47 bits per heavy atom. The van der Waals surface area contributed by atoms with Crippen molar-refractivity contribution < 1.29 is 8.78 Å². The van der Waals surface area contributed by atoms with Crippen LogP contribution in [0.25, 0.3) is 0 Å². The van der Waals surface area contributed by atoms with E-state index >= 15 is 0 Å². The number of alkyl halides is 2. The molecule has 1 unspecified atom stereocenters. The molecule has 1 atom stereocenters. The van der Waals surface area contributed by atoms with E-state index in [0.29, 0.717) is 5.69 Å². The van der Waals surface area contributed by atoms with E-state index < -0.39 is 11.8 Å². The van der Waals surface area contributed by atoms with Gasteiger partial charge in [-0.15, -0.1) is 0 Å². The fourth-order valence-electron chi connectivity index (χ4n) is 1.50. The van der Waals surface area contributed by atoms with Crippen LogP contribution in [0.4, 0.5) is 14.5 Å². The van der Waals surface area contributed by atoms with Gasteiger partial charge in [0.25, 0.3) is 5.92 Å². The van der Waals surface area contributed by atoms with Crippen molar-refractivity contribution in [1.82, 2.24) is 0 Å². The van der Waals surface area contributed by atoms with Gasteiger partial charge in [-0.3, -0.25) is 4.90 Å². The van der Waals surface area contributed by atoms with Gasteiger partial charge in [0, 0.05) is 18.9 Å². The van der Waals surface area contributed by atoms with Gasteiger partial charge in [-0.05, 0) is 12.1 Å². The first-order chi connectivity index (χ1) is 7.13. The third-order valence-corrected chi connectivity index (χ3v) is 2.55. The zero-order chi connectivity index (χ0) is 10.9. The highest BCUT2D eigenvalue weighted by atomic mass is 19.3. The molecule has 78 valence electrons. The van der Waals surface area contributed by atoms with Crippen LogP contribution in [0, 0.1) is 17.4 Å². The molecule has 2 rings (SSSR count). The molecule has 1 aliphatic carbocycles. The Morgan fingerprint density at radius 2 is 2.00 bits per heavy atom. The molecular formula is C11H10F2N2. The van der Waals surface area contributed by atoms with Crippen molar-refractivity contribution in [3.8, 4) is 6.19 Å². The molecule has 1 saturated carbocycles. The first kappa shape index (κ1) is 9.91. The average Bonchev–Trinajstić information content (AvgIpc) is 2.84. The molecule has 1 aliphatic rings. The number of hydrogen-bond donors (Lipinski definition) is 0. The molecule has 1 fully saturated rings. The lowest BCUT2D eigenvalue weighted by Crippen LogP contribution is -2.21. The molecule has 2 nitrogen and oxygen atoms in total. The Kier molecular flexibility index (Phi) is 2.31. The normalized spacial score (nSPS) is 21.8. The van der Waals surface area contributed by atoms with Crippen molar-refractivity contribution >= 4 is 5.69 Å². The summed E-state index contributed by atoms with van der Waals surface area (Å²) in [5.74, 6) is -3.23. The van der Waals surface area contributed by atoms with E-state index in [4.69, 9.17) is 5.26 Å². The molecular weight excluding hydrogens is 198 g/mol. The Labute approximate surface area is 86.7 Å². The second-order valence-corrected chi connectivity index (χ2v) is 3.71. The minimum absolute atomic E-state index is 0.0992. The van der Waals surface area contributed by atoms with Crippen molar-refractivity contribution in [2.75, 3.05) is 11.4 Å². The molecule has 0 radical (unpaired) electrons. The number of benzene rings is 1. The first-order valence-electron chi connectivity index (χ1n) is 4.73. The summed E-state index contributed by atoms with van der Waals surface area (Å²) in [5, 5.41) is 8.86. The van der Waals surface area contributed by atoms with Gasteiger partial charge in [0.15, 0.2) is 6.19 Å². The van der Waals surface area contributed by atoms with E-state index in [1.807, 2.05) is 12.3 Å². The topological polar surface area (TPSA) is 27.0 Å². The van der Waals surface area contributed by atoms with Crippen molar-refractivity contribution in [2.24, 2.45) is 5.92 Å². The van der Waals surface area contributed by atoms with Crippen LogP contribution in [0.5, 0.6) is 0 Å². The molecule has 0 amide bonds. The molecule has 0 spiro atoms. The molecule has 0 heterocycles. The Bertz CT molecular complexity index is 383. The number of anilines is 1. The number of nitriles is 1. The highest BCUT2D eigenvalue weighted by molar-refractivity contribution is 5.50. The maximum atomic E-state index is 12.7. The first-order valence-corrected chi connectivity index (χ1v) is 4.73. The number of halogens is 2.